The van der Waals surface area contributed by atoms with Crippen LogP contribution in [0, 0.1) is 17.6 Å². The minimum atomic E-state index is -0.914. The van der Waals surface area contributed by atoms with Crippen LogP contribution in [0.3, 0.4) is 0 Å². The normalized spacial score (nSPS) is 20.8. The molecular formula is C16H21F2N3O2. The molecule has 2 rings (SSSR count). The van der Waals surface area contributed by atoms with E-state index >= 15 is 0 Å². The molecule has 0 heterocycles. The van der Waals surface area contributed by atoms with Crippen molar-refractivity contribution in [2.24, 2.45) is 11.7 Å². The number of rotatable bonds is 5. The lowest BCUT2D eigenvalue weighted by molar-refractivity contribution is -0.126. The van der Waals surface area contributed by atoms with E-state index < -0.39 is 23.1 Å². The molecule has 1 saturated carbocycles. The highest BCUT2D eigenvalue weighted by Gasteiger charge is 2.25. The quantitative estimate of drug-likeness (QED) is 0.714. The number of nitrogens with two attached hydrogens (primary N) is 1. The number of hydrogen-bond acceptors (Lipinski definition) is 3. The minimum Gasteiger partial charge on any atom is -0.354 e. The molecule has 7 heteroatoms. The van der Waals surface area contributed by atoms with E-state index in [1.165, 1.54) is 6.07 Å². The van der Waals surface area contributed by atoms with Crippen molar-refractivity contribution in [1.82, 2.24) is 10.6 Å². The van der Waals surface area contributed by atoms with Gasteiger partial charge < -0.3 is 16.4 Å². The van der Waals surface area contributed by atoms with Crippen molar-refractivity contribution < 1.29 is 18.4 Å². The molecule has 4 N–H and O–H groups in total. The summed E-state index contributed by atoms with van der Waals surface area (Å²) in [6.45, 7) is 0.295. The molecule has 1 aliphatic carbocycles. The van der Waals surface area contributed by atoms with Crippen molar-refractivity contribution in [3.05, 3.63) is 35.4 Å². The smallest absolute Gasteiger partial charge is 0.257 e. The predicted octanol–water partition coefficient (Wildman–Crippen LogP) is 1.33. The summed E-state index contributed by atoms with van der Waals surface area (Å²) in [5.74, 6) is -2.86. The predicted molar refractivity (Wildman–Crippen MR) is 81.6 cm³/mol. The third-order valence-corrected chi connectivity index (χ3v) is 3.99. The van der Waals surface area contributed by atoms with Crippen molar-refractivity contribution in [3.63, 3.8) is 0 Å². The zero-order valence-corrected chi connectivity index (χ0v) is 12.8. The Hall–Kier alpha value is -2.02. The fourth-order valence-electron chi connectivity index (χ4n) is 2.77. The van der Waals surface area contributed by atoms with E-state index in [0.717, 1.165) is 31.4 Å². The molecule has 1 aromatic rings. The van der Waals surface area contributed by atoms with Gasteiger partial charge in [-0.1, -0.05) is 12.5 Å². The molecule has 126 valence electrons. The lowest BCUT2D eigenvalue weighted by Gasteiger charge is -2.25. The van der Waals surface area contributed by atoms with Gasteiger partial charge in [-0.15, -0.1) is 0 Å². The first-order valence-electron chi connectivity index (χ1n) is 7.74. The van der Waals surface area contributed by atoms with Crippen LogP contribution in [0.15, 0.2) is 18.2 Å². The Morgan fingerprint density at radius 2 is 1.78 bits per heavy atom. The van der Waals surface area contributed by atoms with Gasteiger partial charge in [0, 0.05) is 25.0 Å². The molecule has 2 atom stereocenters. The highest BCUT2D eigenvalue weighted by Crippen LogP contribution is 2.22. The Morgan fingerprint density at radius 1 is 1.13 bits per heavy atom. The summed E-state index contributed by atoms with van der Waals surface area (Å²) < 4.78 is 26.9. The topological polar surface area (TPSA) is 84.2 Å². The van der Waals surface area contributed by atoms with E-state index in [4.69, 9.17) is 5.73 Å². The minimum absolute atomic E-state index is 0.0585. The molecule has 1 aromatic carbocycles. The van der Waals surface area contributed by atoms with Crippen LogP contribution in [0.4, 0.5) is 8.78 Å². The van der Waals surface area contributed by atoms with Gasteiger partial charge in [0.25, 0.3) is 5.91 Å². The molecule has 0 radical (unpaired) electrons. The number of halogens is 2. The summed E-state index contributed by atoms with van der Waals surface area (Å²) in [6, 6.07) is 3.29. The van der Waals surface area contributed by atoms with Crippen LogP contribution >= 0.6 is 0 Å². The largest absolute Gasteiger partial charge is 0.354 e. The van der Waals surface area contributed by atoms with Gasteiger partial charge in [0.05, 0.1) is 0 Å². The fourth-order valence-corrected chi connectivity index (χ4v) is 2.77. The van der Waals surface area contributed by atoms with Crippen molar-refractivity contribution in [2.45, 2.75) is 31.7 Å². The zero-order valence-electron chi connectivity index (χ0n) is 12.8. The fraction of sp³-hybridized carbons (Fsp3) is 0.500. The summed E-state index contributed by atoms with van der Waals surface area (Å²) in [4.78, 5) is 23.7. The second kappa shape index (κ2) is 8.01. The van der Waals surface area contributed by atoms with Crippen LogP contribution < -0.4 is 16.4 Å². The first-order valence-corrected chi connectivity index (χ1v) is 7.74. The summed E-state index contributed by atoms with van der Waals surface area (Å²) in [6.07, 6.45) is 3.35. The second-order valence-corrected chi connectivity index (χ2v) is 5.77. The molecule has 0 aliphatic heterocycles. The van der Waals surface area contributed by atoms with Gasteiger partial charge in [0.1, 0.15) is 17.2 Å². The number of carbonyl (C=O) groups excluding carboxylic acids is 2. The maximum absolute atomic E-state index is 13.4. The molecule has 0 saturated heterocycles. The van der Waals surface area contributed by atoms with E-state index in [1.54, 1.807) is 0 Å². The van der Waals surface area contributed by atoms with Crippen molar-refractivity contribution in [2.75, 3.05) is 13.1 Å². The maximum Gasteiger partial charge on any atom is 0.257 e. The summed E-state index contributed by atoms with van der Waals surface area (Å²) in [7, 11) is 0. The molecule has 5 nitrogen and oxygen atoms in total. The third kappa shape index (κ3) is 4.72. The molecule has 2 unspecified atom stereocenters. The molecular weight excluding hydrogens is 304 g/mol. The SMILES string of the molecule is NC1CCCC(C(=O)NCCNC(=O)c2c(F)cccc2F)C1. The van der Waals surface area contributed by atoms with Crippen LogP contribution in [-0.2, 0) is 4.79 Å². The summed E-state index contributed by atoms with van der Waals surface area (Å²) >= 11 is 0. The van der Waals surface area contributed by atoms with Gasteiger partial charge >= 0.3 is 0 Å². The average molecular weight is 325 g/mol. The standard InChI is InChI=1S/C16H21F2N3O2/c17-12-5-2-6-13(18)14(12)16(23)21-8-7-20-15(22)10-3-1-4-11(19)9-10/h2,5-6,10-11H,1,3-4,7-9,19H2,(H,20,22)(H,21,23). The first kappa shape index (κ1) is 17.3. The molecule has 0 aromatic heterocycles. The monoisotopic (exact) mass is 325 g/mol. The Kier molecular flexibility index (Phi) is 6.04. The summed E-state index contributed by atoms with van der Waals surface area (Å²) in [5.41, 5.74) is 5.23. The number of amides is 2. The van der Waals surface area contributed by atoms with Gasteiger partial charge in [0.15, 0.2) is 0 Å². The Morgan fingerprint density at radius 3 is 2.43 bits per heavy atom. The lowest BCUT2D eigenvalue weighted by atomic mass is 9.85. The molecule has 0 spiro atoms. The third-order valence-electron chi connectivity index (χ3n) is 3.99. The zero-order chi connectivity index (χ0) is 16.8. The molecule has 2 amide bonds. The Labute approximate surface area is 133 Å². The molecule has 1 aliphatic rings. The number of benzene rings is 1. The van der Waals surface area contributed by atoms with Gasteiger partial charge in [-0.25, -0.2) is 8.78 Å². The Bertz CT molecular complexity index is 560. The first-order chi connectivity index (χ1) is 11.0. The number of hydrogen-bond donors (Lipinski definition) is 3. The van der Waals surface area contributed by atoms with E-state index in [2.05, 4.69) is 10.6 Å². The van der Waals surface area contributed by atoms with Gasteiger partial charge in [-0.2, -0.15) is 0 Å². The van der Waals surface area contributed by atoms with Gasteiger partial charge in [0.2, 0.25) is 5.91 Å². The maximum atomic E-state index is 13.4. The molecule has 1 fully saturated rings. The lowest BCUT2D eigenvalue weighted by Crippen LogP contribution is -2.41. The van der Waals surface area contributed by atoms with Gasteiger partial charge in [-0.05, 0) is 31.4 Å². The van der Waals surface area contributed by atoms with Crippen molar-refractivity contribution in [3.8, 4) is 0 Å². The summed E-state index contributed by atoms with van der Waals surface area (Å²) in [5, 5.41) is 5.10. The number of nitrogens with one attached hydrogen (secondary N) is 2. The van der Waals surface area contributed by atoms with E-state index in [0.29, 0.717) is 6.42 Å². The van der Waals surface area contributed by atoms with Crippen LogP contribution in [0.5, 0.6) is 0 Å². The van der Waals surface area contributed by atoms with Crippen LogP contribution in [0.1, 0.15) is 36.0 Å². The van der Waals surface area contributed by atoms with Crippen molar-refractivity contribution >= 4 is 11.8 Å². The Balaban J connectivity index is 1.75. The van der Waals surface area contributed by atoms with Gasteiger partial charge in [-0.3, -0.25) is 9.59 Å². The second-order valence-electron chi connectivity index (χ2n) is 5.77. The van der Waals surface area contributed by atoms with Crippen LogP contribution in [0.2, 0.25) is 0 Å². The van der Waals surface area contributed by atoms with E-state index in [-0.39, 0.29) is 31.0 Å². The van der Waals surface area contributed by atoms with E-state index in [9.17, 15) is 18.4 Å². The number of carbonyl (C=O) groups is 2. The van der Waals surface area contributed by atoms with Crippen LogP contribution in [0.25, 0.3) is 0 Å². The van der Waals surface area contributed by atoms with Crippen molar-refractivity contribution in [1.29, 1.82) is 0 Å². The molecule has 23 heavy (non-hydrogen) atoms. The van der Waals surface area contributed by atoms with Crippen LogP contribution in [-0.4, -0.2) is 30.9 Å². The average Bonchev–Trinajstić information content (AvgIpc) is 2.51. The highest BCUT2D eigenvalue weighted by atomic mass is 19.1. The highest BCUT2D eigenvalue weighted by molar-refractivity contribution is 5.94. The molecule has 0 bridgehead atoms. The van der Waals surface area contributed by atoms with E-state index in [1.807, 2.05) is 0 Å².